The Labute approximate surface area is 131 Å². The lowest BCUT2D eigenvalue weighted by Gasteiger charge is -2.37. The summed E-state index contributed by atoms with van der Waals surface area (Å²) in [6.07, 6.45) is 0. The van der Waals surface area contributed by atoms with E-state index in [9.17, 15) is 0 Å². The predicted molar refractivity (Wildman–Crippen MR) is 88.9 cm³/mol. The third kappa shape index (κ3) is 4.96. The molecule has 2 atom stereocenters. The quantitative estimate of drug-likeness (QED) is 0.865. The molecule has 1 fully saturated rings. The molecule has 0 bridgehead atoms. The van der Waals surface area contributed by atoms with Crippen molar-refractivity contribution in [2.24, 2.45) is 0 Å². The highest BCUT2D eigenvalue weighted by atomic mass is 32.2. The topological polar surface area (TPSA) is 32.7 Å². The third-order valence-corrected chi connectivity index (χ3v) is 5.17. The molecule has 1 aliphatic heterocycles. The van der Waals surface area contributed by atoms with Gasteiger partial charge in [-0.15, -0.1) is 0 Å². The van der Waals surface area contributed by atoms with E-state index >= 15 is 0 Å². The maximum Gasteiger partial charge on any atom is 0.119 e. The molecule has 0 aromatic heterocycles. The molecule has 4 heteroatoms. The molecule has 1 aromatic carbocycles. The van der Waals surface area contributed by atoms with Crippen molar-refractivity contribution >= 4 is 11.8 Å². The Hall–Kier alpha value is -1.15. The van der Waals surface area contributed by atoms with Gasteiger partial charge in [-0.2, -0.15) is 11.8 Å². The summed E-state index contributed by atoms with van der Waals surface area (Å²) in [5.41, 5.74) is 0.895. The Morgan fingerprint density at radius 3 is 2.81 bits per heavy atom. The summed E-state index contributed by atoms with van der Waals surface area (Å²) >= 11 is 2.05. The van der Waals surface area contributed by atoms with Gasteiger partial charge in [-0.05, 0) is 31.2 Å². The smallest absolute Gasteiger partial charge is 0.119 e. The van der Waals surface area contributed by atoms with Crippen LogP contribution in [0, 0.1) is 11.8 Å². The van der Waals surface area contributed by atoms with Crippen LogP contribution in [0.4, 0.5) is 0 Å². The second kappa shape index (κ2) is 8.33. The molecule has 1 aromatic rings. The van der Waals surface area contributed by atoms with Crippen molar-refractivity contribution in [3.8, 4) is 17.6 Å². The van der Waals surface area contributed by atoms with Crippen LogP contribution in [-0.2, 0) is 0 Å². The van der Waals surface area contributed by atoms with E-state index in [0.717, 1.165) is 24.4 Å². The first-order valence-corrected chi connectivity index (χ1v) is 8.44. The normalized spacial score (nSPS) is 22.4. The minimum atomic E-state index is -0.108. The molecule has 1 aliphatic rings. The van der Waals surface area contributed by atoms with E-state index in [0.29, 0.717) is 17.9 Å². The molecule has 2 unspecified atom stereocenters. The average molecular weight is 305 g/mol. The number of hydrogen-bond donors (Lipinski definition) is 1. The average Bonchev–Trinajstić information content (AvgIpc) is 2.51. The highest BCUT2D eigenvalue weighted by Crippen LogP contribution is 2.23. The van der Waals surface area contributed by atoms with Gasteiger partial charge < -0.3 is 9.84 Å². The summed E-state index contributed by atoms with van der Waals surface area (Å²) in [5.74, 6) is 7.59. The summed E-state index contributed by atoms with van der Waals surface area (Å²) < 4.78 is 5.81. The zero-order valence-corrected chi connectivity index (χ0v) is 13.5. The molecule has 0 radical (unpaired) electrons. The van der Waals surface area contributed by atoms with Gasteiger partial charge in [0.25, 0.3) is 0 Å². The highest BCUT2D eigenvalue weighted by Gasteiger charge is 2.24. The van der Waals surface area contributed by atoms with Gasteiger partial charge in [0.05, 0.1) is 0 Å². The molecule has 0 amide bonds. The fourth-order valence-electron chi connectivity index (χ4n) is 2.37. The number of hydrogen-bond acceptors (Lipinski definition) is 4. The van der Waals surface area contributed by atoms with Crippen LogP contribution < -0.4 is 4.74 Å². The molecule has 1 N–H and O–H groups in total. The van der Waals surface area contributed by atoms with Crippen molar-refractivity contribution in [1.82, 2.24) is 4.90 Å². The van der Waals surface area contributed by atoms with Crippen LogP contribution in [0.15, 0.2) is 24.3 Å². The van der Waals surface area contributed by atoms with Gasteiger partial charge in [-0.1, -0.05) is 18.8 Å². The summed E-state index contributed by atoms with van der Waals surface area (Å²) in [6.45, 7) is 7.32. The van der Waals surface area contributed by atoms with Crippen LogP contribution in [0.5, 0.6) is 5.75 Å². The summed E-state index contributed by atoms with van der Waals surface area (Å²) in [7, 11) is 0. The predicted octanol–water partition coefficient (Wildman–Crippen LogP) is 2.24. The van der Waals surface area contributed by atoms with Crippen LogP contribution in [0.25, 0.3) is 0 Å². The number of thioether (sulfide) groups is 1. The third-order valence-electron chi connectivity index (χ3n) is 3.83. The Bertz CT molecular complexity index is 492. The van der Waals surface area contributed by atoms with E-state index in [1.165, 1.54) is 5.75 Å². The standard InChI is InChI=1S/C17H23NO2S/c1-14-15(2)21-13-10-18(14)9-12-20-17-7-5-16(6-8-17)4-3-11-19/h5-8,14-15,19H,9-13H2,1-2H3. The molecule has 0 spiro atoms. The summed E-state index contributed by atoms with van der Waals surface area (Å²) in [4.78, 5) is 2.50. The molecule has 1 heterocycles. The van der Waals surface area contributed by atoms with E-state index in [4.69, 9.17) is 9.84 Å². The number of ether oxygens (including phenoxy) is 1. The van der Waals surface area contributed by atoms with Crippen molar-refractivity contribution in [2.75, 3.05) is 32.1 Å². The molecule has 2 rings (SSSR count). The fraction of sp³-hybridized carbons (Fsp3) is 0.529. The Morgan fingerprint density at radius 2 is 2.10 bits per heavy atom. The number of aliphatic hydroxyl groups is 1. The molecule has 21 heavy (non-hydrogen) atoms. The van der Waals surface area contributed by atoms with Gasteiger partial charge in [-0.25, -0.2) is 0 Å². The molecular formula is C17H23NO2S. The molecule has 3 nitrogen and oxygen atoms in total. The minimum Gasteiger partial charge on any atom is -0.492 e. The number of aliphatic hydroxyl groups excluding tert-OH is 1. The van der Waals surface area contributed by atoms with Crippen molar-refractivity contribution in [1.29, 1.82) is 0 Å². The van der Waals surface area contributed by atoms with Crippen molar-refractivity contribution < 1.29 is 9.84 Å². The SMILES string of the molecule is CC1SCCN(CCOc2ccc(C#CCO)cc2)C1C. The Kier molecular flexibility index (Phi) is 6.44. The zero-order chi connectivity index (χ0) is 15.1. The first kappa shape index (κ1) is 16.2. The van der Waals surface area contributed by atoms with Gasteiger partial charge in [0.1, 0.15) is 19.0 Å². The fourth-order valence-corrected chi connectivity index (χ4v) is 3.53. The van der Waals surface area contributed by atoms with Crippen LogP contribution >= 0.6 is 11.8 Å². The van der Waals surface area contributed by atoms with Crippen LogP contribution in [0.3, 0.4) is 0 Å². The lowest BCUT2D eigenvalue weighted by atomic mass is 10.2. The van der Waals surface area contributed by atoms with Crippen molar-refractivity contribution in [3.05, 3.63) is 29.8 Å². The van der Waals surface area contributed by atoms with Crippen LogP contribution in [-0.4, -0.2) is 53.4 Å². The molecule has 0 aliphatic carbocycles. The monoisotopic (exact) mass is 305 g/mol. The van der Waals surface area contributed by atoms with Gasteiger partial charge in [0.15, 0.2) is 0 Å². The number of nitrogens with zero attached hydrogens (tertiary/aromatic N) is 1. The number of benzene rings is 1. The van der Waals surface area contributed by atoms with E-state index in [1.807, 2.05) is 24.3 Å². The molecule has 0 saturated carbocycles. The van der Waals surface area contributed by atoms with E-state index in [2.05, 4.69) is 42.4 Å². The lowest BCUT2D eigenvalue weighted by Crippen LogP contribution is -2.46. The Morgan fingerprint density at radius 1 is 1.33 bits per heavy atom. The summed E-state index contributed by atoms with van der Waals surface area (Å²) in [6, 6.07) is 8.31. The van der Waals surface area contributed by atoms with E-state index in [1.54, 1.807) is 0 Å². The molecule has 114 valence electrons. The summed E-state index contributed by atoms with van der Waals surface area (Å²) in [5, 5.41) is 9.36. The largest absolute Gasteiger partial charge is 0.492 e. The minimum absolute atomic E-state index is 0.108. The van der Waals surface area contributed by atoms with E-state index < -0.39 is 0 Å². The Balaban J connectivity index is 1.78. The second-order valence-corrected chi connectivity index (χ2v) is 6.67. The van der Waals surface area contributed by atoms with Crippen LogP contribution in [0.1, 0.15) is 19.4 Å². The maximum atomic E-state index is 8.66. The lowest BCUT2D eigenvalue weighted by molar-refractivity contribution is 0.170. The van der Waals surface area contributed by atoms with Gasteiger partial charge in [0.2, 0.25) is 0 Å². The first-order valence-electron chi connectivity index (χ1n) is 7.39. The van der Waals surface area contributed by atoms with Crippen molar-refractivity contribution in [2.45, 2.75) is 25.1 Å². The zero-order valence-electron chi connectivity index (χ0n) is 12.7. The van der Waals surface area contributed by atoms with E-state index in [-0.39, 0.29) is 6.61 Å². The first-order chi connectivity index (χ1) is 10.2. The maximum absolute atomic E-state index is 8.66. The number of rotatable bonds is 4. The highest BCUT2D eigenvalue weighted by molar-refractivity contribution is 8.00. The van der Waals surface area contributed by atoms with Crippen LogP contribution in [0.2, 0.25) is 0 Å². The second-order valence-electron chi connectivity index (χ2n) is 5.19. The van der Waals surface area contributed by atoms with Gasteiger partial charge in [-0.3, -0.25) is 4.90 Å². The van der Waals surface area contributed by atoms with Gasteiger partial charge in [0, 0.05) is 35.7 Å². The van der Waals surface area contributed by atoms with Crippen molar-refractivity contribution in [3.63, 3.8) is 0 Å². The molecule has 1 saturated heterocycles. The molecular weight excluding hydrogens is 282 g/mol. The van der Waals surface area contributed by atoms with Gasteiger partial charge >= 0.3 is 0 Å².